The van der Waals surface area contributed by atoms with Gasteiger partial charge in [0.25, 0.3) is 0 Å². The Labute approximate surface area is 163 Å². The first-order valence-corrected chi connectivity index (χ1v) is 9.73. The molecule has 134 valence electrons. The van der Waals surface area contributed by atoms with Crippen LogP contribution < -0.4 is 0 Å². The van der Waals surface area contributed by atoms with E-state index in [2.05, 4.69) is 48.6 Å². The van der Waals surface area contributed by atoms with Gasteiger partial charge in [0.15, 0.2) is 11.6 Å². The van der Waals surface area contributed by atoms with Crippen molar-refractivity contribution in [2.75, 3.05) is 0 Å². The second kappa shape index (κ2) is 5.17. The van der Waals surface area contributed by atoms with Crippen LogP contribution in [0.3, 0.4) is 0 Å². The number of allylic oxidation sites excluding steroid dienone is 14. The third-order valence-corrected chi connectivity index (χ3v) is 6.83. The lowest BCUT2D eigenvalue weighted by Gasteiger charge is -2.56. The molecule has 0 fully saturated rings. The van der Waals surface area contributed by atoms with Gasteiger partial charge in [-0.15, -0.1) is 0 Å². The van der Waals surface area contributed by atoms with E-state index in [0.717, 1.165) is 34.3 Å². The maximum absolute atomic E-state index is 13.7. The lowest BCUT2D eigenvalue weighted by molar-refractivity contribution is -0.125. The zero-order valence-corrected chi connectivity index (χ0v) is 15.3. The molecule has 0 heterocycles. The van der Waals surface area contributed by atoms with E-state index in [-0.39, 0.29) is 11.6 Å². The van der Waals surface area contributed by atoms with Crippen molar-refractivity contribution in [3.05, 3.63) is 118 Å². The fraction of sp³-hybridized carbons (Fsp3) is 0.154. The van der Waals surface area contributed by atoms with Gasteiger partial charge < -0.3 is 0 Å². The summed E-state index contributed by atoms with van der Waals surface area (Å²) in [4.78, 5) is 25.6. The SMILES string of the molecule is O=C1C=CC2=C3C=CC4=CCc5ccccc5C45C(=O)CC=CC35C=CC2=C1. The Bertz CT molecular complexity index is 1190. The van der Waals surface area contributed by atoms with Gasteiger partial charge in [-0.2, -0.15) is 0 Å². The molecular weight excluding hydrogens is 344 g/mol. The van der Waals surface area contributed by atoms with Crippen LogP contribution in [0.5, 0.6) is 0 Å². The molecule has 0 amide bonds. The first-order valence-electron chi connectivity index (χ1n) is 9.73. The van der Waals surface area contributed by atoms with Gasteiger partial charge in [-0.3, -0.25) is 9.59 Å². The van der Waals surface area contributed by atoms with Crippen molar-refractivity contribution in [2.45, 2.75) is 18.3 Å². The van der Waals surface area contributed by atoms with Crippen LogP contribution in [0, 0.1) is 5.41 Å². The van der Waals surface area contributed by atoms with Crippen LogP contribution in [0.1, 0.15) is 17.5 Å². The Balaban J connectivity index is 1.76. The van der Waals surface area contributed by atoms with Gasteiger partial charge in [0, 0.05) is 6.42 Å². The molecule has 6 rings (SSSR count). The highest BCUT2D eigenvalue weighted by atomic mass is 16.1. The molecule has 0 bridgehead atoms. The topological polar surface area (TPSA) is 34.1 Å². The molecular formula is C26H18O2. The maximum atomic E-state index is 13.7. The van der Waals surface area contributed by atoms with Crippen molar-refractivity contribution < 1.29 is 9.59 Å². The van der Waals surface area contributed by atoms with Gasteiger partial charge in [-0.25, -0.2) is 0 Å². The number of rotatable bonds is 0. The Morgan fingerprint density at radius 2 is 1.75 bits per heavy atom. The van der Waals surface area contributed by atoms with Crippen LogP contribution in [0.25, 0.3) is 0 Å². The van der Waals surface area contributed by atoms with Gasteiger partial charge >= 0.3 is 0 Å². The normalized spacial score (nSPS) is 31.4. The van der Waals surface area contributed by atoms with Crippen LogP contribution >= 0.6 is 0 Å². The molecule has 0 saturated carbocycles. The summed E-state index contributed by atoms with van der Waals surface area (Å²) in [7, 11) is 0. The first kappa shape index (κ1) is 15.8. The molecule has 1 aromatic rings. The van der Waals surface area contributed by atoms with E-state index in [1.165, 1.54) is 5.56 Å². The predicted molar refractivity (Wildman–Crippen MR) is 109 cm³/mol. The van der Waals surface area contributed by atoms with Gasteiger partial charge in [0.1, 0.15) is 0 Å². The fourth-order valence-electron chi connectivity index (χ4n) is 5.75. The van der Waals surface area contributed by atoms with Crippen molar-refractivity contribution in [1.82, 2.24) is 0 Å². The maximum Gasteiger partial charge on any atom is 0.179 e. The molecule has 1 aromatic carbocycles. The average Bonchev–Trinajstić information content (AvgIpc) is 2.72. The molecule has 5 aliphatic carbocycles. The van der Waals surface area contributed by atoms with Crippen LogP contribution in [0.4, 0.5) is 0 Å². The highest BCUT2D eigenvalue weighted by Gasteiger charge is 2.62. The van der Waals surface area contributed by atoms with Crippen molar-refractivity contribution in [3.8, 4) is 0 Å². The van der Waals surface area contributed by atoms with E-state index in [1.807, 2.05) is 24.3 Å². The standard InChI is InChI=1S/C26H18O2/c27-20-10-11-21-18(16-20)13-15-25-14-3-6-24(28)26(25)19(9-12-23(21)25)8-7-17-4-1-2-5-22(17)26/h1-5,8-16H,6-7H2. The van der Waals surface area contributed by atoms with Gasteiger partial charge in [0.05, 0.1) is 10.8 Å². The van der Waals surface area contributed by atoms with Gasteiger partial charge in [0.2, 0.25) is 0 Å². The molecule has 2 heteroatoms. The zero-order valence-electron chi connectivity index (χ0n) is 15.3. The third-order valence-electron chi connectivity index (χ3n) is 6.83. The summed E-state index contributed by atoms with van der Waals surface area (Å²) >= 11 is 0. The van der Waals surface area contributed by atoms with E-state index in [1.54, 1.807) is 12.2 Å². The summed E-state index contributed by atoms with van der Waals surface area (Å²) in [5.74, 6) is 0.247. The minimum absolute atomic E-state index is 0.00770. The summed E-state index contributed by atoms with van der Waals surface area (Å²) in [5.41, 5.74) is 5.22. The summed E-state index contributed by atoms with van der Waals surface area (Å²) in [6.07, 6.45) is 21.4. The van der Waals surface area contributed by atoms with Crippen LogP contribution in [-0.4, -0.2) is 11.6 Å². The highest BCUT2D eigenvalue weighted by Crippen LogP contribution is 2.63. The molecule has 28 heavy (non-hydrogen) atoms. The third kappa shape index (κ3) is 1.65. The summed E-state index contributed by atoms with van der Waals surface area (Å²) < 4.78 is 0. The molecule has 2 atom stereocenters. The van der Waals surface area contributed by atoms with Crippen LogP contribution in [0.15, 0.2) is 107 Å². The van der Waals surface area contributed by atoms with Crippen LogP contribution in [-0.2, 0) is 21.4 Å². The molecule has 0 N–H and O–H groups in total. The average molecular weight is 362 g/mol. The zero-order chi connectivity index (χ0) is 18.9. The van der Waals surface area contributed by atoms with Crippen LogP contribution in [0.2, 0.25) is 0 Å². The number of carbonyl (C=O) groups excluding carboxylic acids is 2. The van der Waals surface area contributed by atoms with E-state index in [9.17, 15) is 9.59 Å². The highest BCUT2D eigenvalue weighted by molar-refractivity contribution is 6.05. The minimum atomic E-state index is -0.731. The van der Waals surface area contributed by atoms with Crippen molar-refractivity contribution >= 4 is 11.6 Å². The number of benzene rings is 1. The van der Waals surface area contributed by atoms with E-state index in [0.29, 0.717) is 6.42 Å². The van der Waals surface area contributed by atoms with E-state index >= 15 is 0 Å². The summed E-state index contributed by atoms with van der Waals surface area (Å²) in [6.45, 7) is 0. The van der Waals surface area contributed by atoms with E-state index < -0.39 is 10.8 Å². The summed E-state index contributed by atoms with van der Waals surface area (Å²) in [5, 5.41) is 0. The lowest BCUT2D eigenvalue weighted by atomic mass is 9.44. The Hall–Kier alpha value is -3.26. The molecule has 2 unspecified atom stereocenters. The monoisotopic (exact) mass is 362 g/mol. The molecule has 5 aliphatic rings. The molecule has 0 saturated heterocycles. The number of hydrogen-bond acceptors (Lipinski definition) is 2. The van der Waals surface area contributed by atoms with Gasteiger partial charge in [-0.05, 0) is 52.0 Å². The molecule has 0 aliphatic heterocycles. The molecule has 0 radical (unpaired) electrons. The van der Waals surface area contributed by atoms with Crippen molar-refractivity contribution in [2.24, 2.45) is 5.41 Å². The number of ketones is 2. The molecule has 2 nitrogen and oxygen atoms in total. The second-order valence-electron chi connectivity index (χ2n) is 8.00. The number of Topliss-reactive ketones (excluding diaryl/α,β-unsaturated/α-hetero) is 1. The predicted octanol–water partition coefficient (Wildman–Crippen LogP) is 4.42. The van der Waals surface area contributed by atoms with Gasteiger partial charge in [-0.1, -0.05) is 72.9 Å². The molecule has 2 spiro atoms. The second-order valence-corrected chi connectivity index (χ2v) is 8.00. The largest absolute Gasteiger partial charge is 0.298 e. The van der Waals surface area contributed by atoms with E-state index in [4.69, 9.17) is 0 Å². The van der Waals surface area contributed by atoms with Crippen molar-refractivity contribution in [3.63, 3.8) is 0 Å². The smallest absolute Gasteiger partial charge is 0.179 e. The first-order chi connectivity index (χ1) is 13.7. The quantitative estimate of drug-likeness (QED) is 0.640. The lowest BCUT2D eigenvalue weighted by Crippen LogP contribution is -2.56. The summed E-state index contributed by atoms with van der Waals surface area (Å²) in [6, 6.07) is 8.36. The minimum Gasteiger partial charge on any atom is -0.298 e. The Morgan fingerprint density at radius 1 is 0.857 bits per heavy atom. The molecule has 0 aromatic heterocycles. The number of hydrogen-bond donors (Lipinski definition) is 0. The number of carbonyl (C=O) groups is 2. The Morgan fingerprint density at radius 3 is 2.68 bits per heavy atom. The van der Waals surface area contributed by atoms with Crippen molar-refractivity contribution in [1.29, 1.82) is 0 Å². The fourth-order valence-corrected chi connectivity index (χ4v) is 5.75. The Kier molecular flexibility index (Phi) is 2.91. The number of fused-ring (bicyclic) bond motifs is 2.